The van der Waals surface area contributed by atoms with Gasteiger partial charge in [0, 0.05) is 41.1 Å². The van der Waals surface area contributed by atoms with Gasteiger partial charge >= 0.3 is 5.69 Å². The highest BCUT2D eigenvalue weighted by Gasteiger charge is 2.20. The second-order valence-corrected chi connectivity index (χ2v) is 7.72. The number of fused-ring (bicyclic) bond motifs is 3. The third-order valence-electron chi connectivity index (χ3n) is 5.04. The molecule has 3 aromatic heterocycles. The minimum absolute atomic E-state index is 0.0468. The van der Waals surface area contributed by atoms with E-state index in [1.165, 1.54) is 23.0 Å². The fourth-order valence-electron chi connectivity index (χ4n) is 3.57. The highest BCUT2D eigenvalue weighted by Crippen LogP contribution is 2.32. The van der Waals surface area contributed by atoms with Gasteiger partial charge in [-0.1, -0.05) is 36.4 Å². The van der Waals surface area contributed by atoms with Crippen molar-refractivity contribution in [1.29, 1.82) is 0 Å². The predicted molar refractivity (Wildman–Crippen MR) is 115 cm³/mol. The average Bonchev–Trinajstić information content (AvgIpc) is 3.27. The van der Waals surface area contributed by atoms with Gasteiger partial charge in [0.05, 0.1) is 11.5 Å². The Morgan fingerprint density at radius 3 is 2.30 bits per heavy atom. The maximum Gasteiger partial charge on any atom is 0.301 e. The van der Waals surface area contributed by atoms with Crippen LogP contribution in [0.25, 0.3) is 21.8 Å². The van der Waals surface area contributed by atoms with Gasteiger partial charge < -0.3 is 9.13 Å². The lowest BCUT2D eigenvalue weighted by molar-refractivity contribution is -0.388. The van der Waals surface area contributed by atoms with Gasteiger partial charge in [-0.3, -0.25) is 10.1 Å². The minimum atomic E-state index is -0.440. The number of aromatic nitrogens is 5. The molecular formula is C21H16N6O2S. The van der Waals surface area contributed by atoms with Crippen LogP contribution in [0.3, 0.4) is 0 Å². The molecule has 0 bridgehead atoms. The van der Waals surface area contributed by atoms with Crippen molar-refractivity contribution in [2.45, 2.75) is 16.7 Å². The van der Waals surface area contributed by atoms with Gasteiger partial charge in [-0.05, 0) is 30.0 Å². The van der Waals surface area contributed by atoms with E-state index in [-0.39, 0.29) is 5.69 Å². The minimum Gasteiger partial charge on any atom is -0.333 e. The van der Waals surface area contributed by atoms with E-state index in [1.54, 1.807) is 6.07 Å². The monoisotopic (exact) mass is 416 g/mol. The van der Waals surface area contributed by atoms with Crippen molar-refractivity contribution in [3.8, 4) is 0 Å². The summed E-state index contributed by atoms with van der Waals surface area (Å²) < 4.78 is 4.07. The van der Waals surface area contributed by atoms with Crippen LogP contribution in [0.15, 0.2) is 77.0 Å². The van der Waals surface area contributed by atoms with E-state index in [9.17, 15) is 10.1 Å². The fraction of sp³-hybridized carbons (Fsp3) is 0.0952. The number of hydrogen-bond donors (Lipinski definition) is 0. The predicted octanol–water partition coefficient (Wildman–Crippen LogP) is 4.43. The number of benzene rings is 2. The van der Waals surface area contributed by atoms with Crippen molar-refractivity contribution in [2.75, 3.05) is 0 Å². The molecule has 0 atom stereocenters. The highest BCUT2D eigenvalue weighted by atomic mass is 32.2. The Kier molecular flexibility index (Phi) is 4.44. The van der Waals surface area contributed by atoms with Crippen molar-refractivity contribution >= 4 is 39.3 Å². The molecule has 0 amide bonds. The maximum atomic E-state index is 11.3. The van der Waals surface area contributed by atoms with E-state index >= 15 is 0 Å². The van der Waals surface area contributed by atoms with Gasteiger partial charge in [0.2, 0.25) is 0 Å². The van der Waals surface area contributed by atoms with Crippen LogP contribution >= 0.6 is 11.8 Å². The first kappa shape index (κ1) is 18.3. The molecule has 0 N–H and O–H groups in total. The molecule has 8 nitrogen and oxygen atoms in total. The fourth-order valence-corrected chi connectivity index (χ4v) is 4.43. The van der Waals surface area contributed by atoms with Crippen LogP contribution in [-0.4, -0.2) is 29.2 Å². The molecule has 0 spiro atoms. The van der Waals surface area contributed by atoms with Crippen LogP contribution in [0.4, 0.5) is 5.69 Å². The molecule has 30 heavy (non-hydrogen) atoms. The largest absolute Gasteiger partial charge is 0.333 e. The van der Waals surface area contributed by atoms with Crippen LogP contribution in [0, 0.1) is 10.1 Å². The molecule has 2 aromatic carbocycles. The molecule has 0 aliphatic heterocycles. The Labute approximate surface area is 175 Å². The van der Waals surface area contributed by atoms with E-state index < -0.39 is 4.92 Å². The Morgan fingerprint density at radius 2 is 1.63 bits per heavy atom. The molecule has 0 fully saturated rings. The van der Waals surface area contributed by atoms with Gasteiger partial charge in [-0.15, -0.1) is 10.2 Å². The number of para-hydroxylation sites is 2. The average molecular weight is 416 g/mol. The van der Waals surface area contributed by atoms with E-state index in [4.69, 9.17) is 0 Å². The summed E-state index contributed by atoms with van der Waals surface area (Å²) in [6.45, 7) is 0.530. The van der Waals surface area contributed by atoms with Gasteiger partial charge in [-0.2, -0.15) is 0 Å². The first-order chi connectivity index (χ1) is 14.6. The molecular weight excluding hydrogens is 400 g/mol. The molecule has 0 unspecified atom stereocenters. The van der Waals surface area contributed by atoms with Gasteiger partial charge in [-0.25, -0.2) is 4.98 Å². The maximum absolute atomic E-state index is 11.3. The summed E-state index contributed by atoms with van der Waals surface area (Å²) >= 11 is 1.14. The standard InChI is InChI=1S/C21H16N6O2S/c1-25-19(23-24-21(25)30-20-18(27(28)29)11-6-12-22-20)13-26-16-9-4-2-7-14(16)15-8-3-5-10-17(15)26/h2-12H,13H2,1H3. The smallest absolute Gasteiger partial charge is 0.301 e. The molecule has 0 radical (unpaired) electrons. The van der Waals surface area contributed by atoms with Crippen molar-refractivity contribution < 1.29 is 4.92 Å². The second kappa shape index (κ2) is 7.27. The van der Waals surface area contributed by atoms with E-state index in [2.05, 4.69) is 44.0 Å². The number of nitro groups is 1. The zero-order valence-corrected chi connectivity index (χ0v) is 16.8. The molecule has 0 aliphatic rings. The summed E-state index contributed by atoms with van der Waals surface area (Å²) in [5.74, 6) is 0.752. The molecule has 0 saturated carbocycles. The Morgan fingerprint density at radius 1 is 0.967 bits per heavy atom. The lowest BCUT2D eigenvalue weighted by Gasteiger charge is -2.08. The number of nitrogens with zero attached hydrogens (tertiary/aromatic N) is 6. The third-order valence-corrected chi connectivity index (χ3v) is 6.09. The Bertz CT molecular complexity index is 1350. The SMILES string of the molecule is Cn1c(Cn2c3ccccc3c3ccccc32)nnc1Sc1ncccc1[N+](=O)[O-]. The van der Waals surface area contributed by atoms with E-state index in [0.29, 0.717) is 16.7 Å². The Balaban J connectivity index is 1.54. The molecule has 0 saturated heterocycles. The van der Waals surface area contributed by atoms with E-state index in [0.717, 1.165) is 28.6 Å². The van der Waals surface area contributed by atoms with Crippen molar-refractivity contribution in [1.82, 2.24) is 24.3 Å². The van der Waals surface area contributed by atoms with Crippen LogP contribution in [0.1, 0.15) is 5.82 Å². The summed E-state index contributed by atoms with van der Waals surface area (Å²) in [5, 5.41) is 23.1. The summed E-state index contributed by atoms with van der Waals surface area (Å²) in [5.41, 5.74) is 2.20. The highest BCUT2D eigenvalue weighted by molar-refractivity contribution is 7.99. The molecule has 5 aromatic rings. The first-order valence-corrected chi connectivity index (χ1v) is 10.1. The normalized spacial score (nSPS) is 11.4. The lowest BCUT2D eigenvalue weighted by Crippen LogP contribution is -2.06. The van der Waals surface area contributed by atoms with Gasteiger partial charge in [0.15, 0.2) is 16.0 Å². The lowest BCUT2D eigenvalue weighted by atomic mass is 10.2. The van der Waals surface area contributed by atoms with Crippen molar-refractivity contribution in [2.24, 2.45) is 7.05 Å². The number of pyridine rings is 1. The third kappa shape index (κ3) is 3.00. The summed E-state index contributed by atoms with van der Waals surface area (Å²) in [7, 11) is 1.86. The Hall–Kier alpha value is -3.72. The molecule has 3 heterocycles. The summed E-state index contributed by atoms with van der Waals surface area (Å²) in [6, 6.07) is 19.5. The van der Waals surface area contributed by atoms with Crippen LogP contribution in [-0.2, 0) is 13.6 Å². The zero-order valence-electron chi connectivity index (χ0n) is 16.0. The molecule has 0 aliphatic carbocycles. The van der Waals surface area contributed by atoms with Crippen LogP contribution in [0.5, 0.6) is 0 Å². The summed E-state index contributed by atoms with van der Waals surface area (Å²) in [6.07, 6.45) is 1.53. The van der Waals surface area contributed by atoms with Gasteiger partial charge in [0.1, 0.15) is 0 Å². The van der Waals surface area contributed by atoms with Crippen molar-refractivity contribution in [3.05, 3.63) is 82.8 Å². The quantitative estimate of drug-likeness (QED) is 0.311. The molecule has 9 heteroatoms. The summed E-state index contributed by atoms with van der Waals surface area (Å²) in [4.78, 5) is 15.0. The van der Waals surface area contributed by atoms with E-state index in [1.807, 2.05) is 35.9 Å². The molecule has 5 rings (SSSR count). The second-order valence-electron chi connectivity index (χ2n) is 6.77. The topological polar surface area (TPSA) is 91.7 Å². The zero-order chi connectivity index (χ0) is 20.7. The van der Waals surface area contributed by atoms with Crippen LogP contribution < -0.4 is 0 Å². The first-order valence-electron chi connectivity index (χ1n) is 9.25. The van der Waals surface area contributed by atoms with Crippen molar-refractivity contribution in [3.63, 3.8) is 0 Å². The molecule has 148 valence electrons. The van der Waals surface area contributed by atoms with Crippen LogP contribution in [0.2, 0.25) is 0 Å². The number of hydrogen-bond acceptors (Lipinski definition) is 6. The van der Waals surface area contributed by atoms with Gasteiger partial charge in [0.25, 0.3) is 0 Å². The number of rotatable bonds is 5.